The number of aromatic nitrogens is 2. The molecule has 4 nitrogen and oxygen atoms in total. The molecule has 22 heavy (non-hydrogen) atoms. The Morgan fingerprint density at radius 2 is 1.77 bits per heavy atom. The molecule has 0 unspecified atom stereocenters. The Hall–Kier alpha value is -2.10. The van der Waals surface area contributed by atoms with Crippen LogP contribution in [0.1, 0.15) is 37.8 Å². The summed E-state index contributed by atoms with van der Waals surface area (Å²) in [4.78, 5) is 11.4. The Morgan fingerprint density at radius 3 is 2.45 bits per heavy atom. The van der Waals surface area contributed by atoms with Gasteiger partial charge in [0.1, 0.15) is 5.82 Å². The summed E-state index contributed by atoms with van der Waals surface area (Å²) in [5.74, 6) is 1.65. The monoisotopic (exact) mass is 298 g/mol. The Morgan fingerprint density at radius 1 is 1.05 bits per heavy atom. The molecule has 0 aliphatic carbocycles. The topological polar surface area (TPSA) is 41.1 Å². The standard InChI is InChI=1S/C18H26N4/c1-5-12-22(13-6-2)18-19-11-10-17(21-18)20-16-9-7-8-14(3)15(16)4/h7-11H,5-6,12-13H2,1-4H3,(H,19,20,21). The van der Waals surface area contributed by atoms with Crippen LogP contribution in [0.2, 0.25) is 0 Å². The normalized spacial score (nSPS) is 10.5. The molecule has 1 aromatic heterocycles. The third-order valence-corrected chi connectivity index (χ3v) is 3.78. The molecule has 0 bridgehead atoms. The van der Waals surface area contributed by atoms with Gasteiger partial charge in [0.15, 0.2) is 0 Å². The Labute approximate surface area is 133 Å². The van der Waals surface area contributed by atoms with E-state index in [0.717, 1.165) is 43.4 Å². The van der Waals surface area contributed by atoms with E-state index in [2.05, 4.69) is 66.1 Å². The highest BCUT2D eigenvalue weighted by Gasteiger charge is 2.09. The number of hydrogen-bond acceptors (Lipinski definition) is 4. The Bertz CT molecular complexity index is 604. The second kappa shape index (κ2) is 7.78. The smallest absolute Gasteiger partial charge is 0.227 e. The van der Waals surface area contributed by atoms with Gasteiger partial charge in [-0.05, 0) is 49.9 Å². The van der Waals surface area contributed by atoms with Crippen LogP contribution < -0.4 is 10.2 Å². The van der Waals surface area contributed by atoms with Crippen molar-refractivity contribution >= 4 is 17.5 Å². The minimum atomic E-state index is 0.805. The first-order valence-corrected chi connectivity index (χ1v) is 8.07. The number of rotatable bonds is 7. The van der Waals surface area contributed by atoms with Gasteiger partial charge in [0.25, 0.3) is 0 Å². The molecule has 1 N–H and O–H groups in total. The van der Waals surface area contributed by atoms with Gasteiger partial charge in [-0.15, -0.1) is 0 Å². The summed E-state index contributed by atoms with van der Waals surface area (Å²) in [6, 6.07) is 8.19. The molecule has 0 fully saturated rings. The lowest BCUT2D eigenvalue weighted by Crippen LogP contribution is -2.27. The van der Waals surface area contributed by atoms with Crippen LogP contribution in [0.25, 0.3) is 0 Å². The minimum absolute atomic E-state index is 0.805. The number of hydrogen-bond donors (Lipinski definition) is 1. The average molecular weight is 298 g/mol. The van der Waals surface area contributed by atoms with Crippen molar-refractivity contribution in [2.75, 3.05) is 23.3 Å². The summed E-state index contributed by atoms with van der Waals surface area (Å²) in [5, 5.41) is 3.41. The number of anilines is 3. The predicted octanol–water partition coefficient (Wildman–Crippen LogP) is 4.46. The Balaban J connectivity index is 2.22. The fourth-order valence-corrected chi connectivity index (χ4v) is 2.45. The zero-order chi connectivity index (χ0) is 15.9. The van der Waals surface area contributed by atoms with E-state index in [1.807, 2.05) is 12.3 Å². The van der Waals surface area contributed by atoms with E-state index in [9.17, 15) is 0 Å². The summed E-state index contributed by atoms with van der Waals surface area (Å²) in [6.45, 7) is 10.6. The number of nitrogens with zero attached hydrogens (tertiary/aromatic N) is 3. The highest BCUT2D eigenvalue weighted by molar-refractivity contribution is 5.62. The molecule has 0 saturated carbocycles. The maximum atomic E-state index is 4.68. The van der Waals surface area contributed by atoms with Gasteiger partial charge in [-0.25, -0.2) is 4.98 Å². The zero-order valence-corrected chi connectivity index (χ0v) is 14.1. The predicted molar refractivity (Wildman–Crippen MR) is 94.0 cm³/mol. The molecule has 0 spiro atoms. The summed E-state index contributed by atoms with van der Waals surface area (Å²) in [6.07, 6.45) is 4.02. The van der Waals surface area contributed by atoms with E-state index in [1.165, 1.54) is 11.1 Å². The van der Waals surface area contributed by atoms with Gasteiger partial charge in [0, 0.05) is 25.0 Å². The molecule has 2 rings (SSSR count). The molecule has 0 saturated heterocycles. The fourth-order valence-electron chi connectivity index (χ4n) is 2.45. The van der Waals surface area contributed by atoms with E-state index in [0.29, 0.717) is 0 Å². The minimum Gasteiger partial charge on any atom is -0.341 e. The Kier molecular flexibility index (Phi) is 5.75. The van der Waals surface area contributed by atoms with Gasteiger partial charge in [-0.3, -0.25) is 0 Å². The molecule has 4 heteroatoms. The quantitative estimate of drug-likeness (QED) is 0.819. The maximum absolute atomic E-state index is 4.68. The molecule has 0 aliphatic heterocycles. The first-order valence-electron chi connectivity index (χ1n) is 8.07. The summed E-state index contributed by atoms with van der Waals surface area (Å²) >= 11 is 0. The lowest BCUT2D eigenvalue weighted by atomic mass is 10.1. The van der Waals surface area contributed by atoms with Gasteiger partial charge in [-0.2, -0.15) is 4.98 Å². The summed E-state index contributed by atoms with van der Waals surface area (Å²) < 4.78 is 0. The molecule has 0 radical (unpaired) electrons. The zero-order valence-electron chi connectivity index (χ0n) is 14.1. The van der Waals surface area contributed by atoms with Gasteiger partial charge in [0.05, 0.1) is 0 Å². The summed E-state index contributed by atoms with van der Waals surface area (Å²) in [5.41, 5.74) is 3.63. The van der Waals surface area contributed by atoms with Gasteiger partial charge >= 0.3 is 0 Å². The van der Waals surface area contributed by atoms with Crippen molar-refractivity contribution < 1.29 is 0 Å². The van der Waals surface area contributed by atoms with Crippen LogP contribution in [0.4, 0.5) is 17.5 Å². The van der Waals surface area contributed by atoms with Crippen LogP contribution in [0.5, 0.6) is 0 Å². The van der Waals surface area contributed by atoms with E-state index < -0.39 is 0 Å². The van der Waals surface area contributed by atoms with E-state index >= 15 is 0 Å². The molecule has 0 aliphatic rings. The van der Waals surface area contributed by atoms with Crippen molar-refractivity contribution in [3.05, 3.63) is 41.6 Å². The molecular formula is C18H26N4. The van der Waals surface area contributed by atoms with Crippen molar-refractivity contribution in [2.24, 2.45) is 0 Å². The third kappa shape index (κ3) is 3.97. The third-order valence-electron chi connectivity index (χ3n) is 3.78. The van der Waals surface area contributed by atoms with Crippen LogP contribution in [0.3, 0.4) is 0 Å². The number of benzene rings is 1. The first kappa shape index (κ1) is 16.3. The second-order valence-electron chi connectivity index (χ2n) is 5.60. The van der Waals surface area contributed by atoms with Crippen LogP contribution in [-0.2, 0) is 0 Å². The fraction of sp³-hybridized carbons (Fsp3) is 0.444. The lowest BCUT2D eigenvalue weighted by Gasteiger charge is -2.21. The SMILES string of the molecule is CCCN(CCC)c1nccc(Nc2cccc(C)c2C)n1. The largest absolute Gasteiger partial charge is 0.341 e. The summed E-state index contributed by atoms with van der Waals surface area (Å²) in [7, 11) is 0. The number of nitrogens with one attached hydrogen (secondary N) is 1. The molecule has 1 aromatic carbocycles. The van der Waals surface area contributed by atoms with Crippen molar-refractivity contribution in [2.45, 2.75) is 40.5 Å². The van der Waals surface area contributed by atoms with Crippen molar-refractivity contribution in [3.8, 4) is 0 Å². The van der Waals surface area contributed by atoms with Crippen LogP contribution in [-0.4, -0.2) is 23.1 Å². The van der Waals surface area contributed by atoms with Crippen molar-refractivity contribution in [1.29, 1.82) is 0 Å². The molecule has 1 heterocycles. The van der Waals surface area contributed by atoms with E-state index in [4.69, 9.17) is 0 Å². The molecule has 0 amide bonds. The van der Waals surface area contributed by atoms with Crippen LogP contribution in [0, 0.1) is 13.8 Å². The van der Waals surface area contributed by atoms with Gasteiger partial charge < -0.3 is 10.2 Å². The molecule has 0 atom stereocenters. The van der Waals surface area contributed by atoms with E-state index in [1.54, 1.807) is 0 Å². The average Bonchev–Trinajstić information content (AvgIpc) is 2.52. The maximum Gasteiger partial charge on any atom is 0.227 e. The molecule has 2 aromatic rings. The van der Waals surface area contributed by atoms with Gasteiger partial charge in [0.2, 0.25) is 5.95 Å². The van der Waals surface area contributed by atoms with Crippen molar-refractivity contribution in [3.63, 3.8) is 0 Å². The molecular weight excluding hydrogens is 272 g/mol. The lowest BCUT2D eigenvalue weighted by molar-refractivity contribution is 0.721. The van der Waals surface area contributed by atoms with Gasteiger partial charge in [-0.1, -0.05) is 26.0 Å². The van der Waals surface area contributed by atoms with Crippen LogP contribution in [0.15, 0.2) is 30.5 Å². The number of aryl methyl sites for hydroxylation is 1. The van der Waals surface area contributed by atoms with E-state index in [-0.39, 0.29) is 0 Å². The second-order valence-corrected chi connectivity index (χ2v) is 5.60. The molecule has 118 valence electrons. The van der Waals surface area contributed by atoms with Crippen molar-refractivity contribution in [1.82, 2.24) is 9.97 Å². The van der Waals surface area contributed by atoms with Crippen LogP contribution >= 0.6 is 0 Å². The highest BCUT2D eigenvalue weighted by atomic mass is 15.3. The first-order chi connectivity index (χ1) is 10.7. The highest BCUT2D eigenvalue weighted by Crippen LogP contribution is 2.22.